The highest BCUT2D eigenvalue weighted by molar-refractivity contribution is 5.94. The SMILES string of the molecule is COCCCn1c(C2CCCN(C(=O)CC(N)Cc3ccc(-c4ccc(C(=O)NCCO)cc4)cc3)C2)nc2ccccc21. The number of piperidine rings is 1. The fourth-order valence-electron chi connectivity index (χ4n) is 6.07. The lowest BCUT2D eigenvalue weighted by Gasteiger charge is -2.33. The molecule has 9 nitrogen and oxygen atoms in total. The van der Waals surface area contributed by atoms with Crippen molar-refractivity contribution < 1.29 is 19.4 Å². The number of fused-ring (bicyclic) bond motifs is 1. The topological polar surface area (TPSA) is 123 Å². The molecule has 0 spiro atoms. The van der Waals surface area contributed by atoms with E-state index < -0.39 is 0 Å². The molecule has 5 rings (SSSR count). The van der Waals surface area contributed by atoms with Crippen LogP contribution in [0.3, 0.4) is 0 Å². The monoisotopic (exact) mass is 597 g/mol. The number of nitrogens with one attached hydrogen (secondary N) is 1. The van der Waals surface area contributed by atoms with Crippen molar-refractivity contribution in [1.82, 2.24) is 19.8 Å². The Kier molecular flexibility index (Phi) is 10.8. The lowest BCUT2D eigenvalue weighted by molar-refractivity contribution is -0.132. The van der Waals surface area contributed by atoms with Gasteiger partial charge < -0.3 is 30.4 Å². The Morgan fingerprint density at radius 1 is 1.07 bits per heavy atom. The molecule has 1 saturated heterocycles. The van der Waals surface area contributed by atoms with E-state index in [1.165, 1.54) is 0 Å². The summed E-state index contributed by atoms with van der Waals surface area (Å²) in [6, 6.07) is 23.5. The largest absolute Gasteiger partial charge is 0.395 e. The number of imidazole rings is 1. The van der Waals surface area contributed by atoms with E-state index in [9.17, 15) is 9.59 Å². The number of ether oxygens (including phenoxy) is 1. The molecule has 1 aliphatic rings. The standard InChI is InChI=1S/C35H43N5O4/c1-44-21-5-19-40-32-8-3-2-7-31(32)38-34(40)29-6-4-18-39(24-29)33(42)23-30(36)22-25-9-11-26(12-10-25)27-13-15-28(16-14-27)35(43)37-17-20-41/h2-3,7-16,29-30,41H,4-6,17-24,36H2,1H3,(H,37,43). The molecule has 1 fully saturated rings. The van der Waals surface area contributed by atoms with Crippen LogP contribution in [0.15, 0.2) is 72.8 Å². The molecule has 2 heterocycles. The van der Waals surface area contributed by atoms with Crippen LogP contribution in [0.4, 0.5) is 0 Å². The third-order valence-electron chi connectivity index (χ3n) is 8.32. The smallest absolute Gasteiger partial charge is 0.251 e. The molecule has 0 saturated carbocycles. The first-order valence-electron chi connectivity index (χ1n) is 15.5. The summed E-state index contributed by atoms with van der Waals surface area (Å²) in [5.41, 5.74) is 12.3. The van der Waals surface area contributed by atoms with Crippen molar-refractivity contribution in [3.05, 3.63) is 89.7 Å². The van der Waals surface area contributed by atoms with Crippen molar-refractivity contribution in [1.29, 1.82) is 0 Å². The fraction of sp³-hybridized carbons (Fsp3) is 0.400. The summed E-state index contributed by atoms with van der Waals surface area (Å²) in [6.45, 7) is 3.09. The fourth-order valence-corrected chi connectivity index (χ4v) is 6.07. The van der Waals surface area contributed by atoms with Crippen LogP contribution >= 0.6 is 0 Å². The number of nitrogens with zero attached hydrogens (tertiary/aromatic N) is 3. The van der Waals surface area contributed by atoms with E-state index >= 15 is 0 Å². The minimum atomic E-state index is -0.274. The minimum Gasteiger partial charge on any atom is -0.395 e. The molecule has 4 N–H and O–H groups in total. The van der Waals surface area contributed by atoms with Crippen molar-refractivity contribution in [3.8, 4) is 11.1 Å². The van der Waals surface area contributed by atoms with Gasteiger partial charge in [-0.25, -0.2) is 4.98 Å². The molecular weight excluding hydrogens is 554 g/mol. The molecule has 4 aromatic rings. The number of carbonyl (C=O) groups excluding carboxylic acids is 2. The maximum absolute atomic E-state index is 13.4. The zero-order chi connectivity index (χ0) is 30.9. The van der Waals surface area contributed by atoms with Crippen LogP contribution in [-0.2, 0) is 22.5 Å². The van der Waals surface area contributed by atoms with E-state index in [1.807, 2.05) is 53.4 Å². The van der Waals surface area contributed by atoms with Gasteiger partial charge in [0.15, 0.2) is 0 Å². The predicted molar refractivity (Wildman–Crippen MR) is 172 cm³/mol. The van der Waals surface area contributed by atoms with Gasteiger partial charge in [-0.3, -0.25) is 9.59 Å². The number of aliphatic hydroxyl groups excluding tert-OH is 1. The minimum absolute atomic E-state index is 0.0899. The number of aliphatic hydroxyl groups is 1. The number of para-hydroxylation sites is 2. The van der Waals surface area contributed by atoms with Gasteiger partial charge in [0.05, 0.1) is 17.6 Å². The van der Waals surface area contributed by atoms with E-state index in [2.05, 4.69) is 22.0 Å². The molecule has 1 aliphatic heterocycles. The number of likely N-dealkylation sites (tertiary alicyclic amines) is 1. The van der Waals surface area contributed by atoms with Gasteiger partial charge in [0, 0.05) is 63.8 Å². The molecule has 9 heteroatoms. The lowest BCUT2D eigenvalue weighted by Crippen LogP contribution is -2.42. The van der Waals surface area contributed by atoms with Gasteiger partial charge in [-0.1, -0.05) is 48.5 Å². The average molecular weight is 598 g/mol. The van der Waals surface area contributed by atoms with E-state index in [-0.39, 0.29) is 36.9 Å². The first-order chi connectivity index (χ1) is 21.5. The third kappa shape index (κ3) is 7.72. The van der Waals surface area contributed by atoms with Gasteiger partial charge in [-0.15, -0.1) is 0 Å². The molecule has 232 valence electrons. The van der Waals surface area contributed by atoms with Crippen LogP contribution in [0.2, 0.25) is 0 Å². The number of carbonyl (C=O) groups is 2. The highest BCUT2D eigenvalue weighted by Crippen LogP contribution is 2.30. The second-order valence-corrected chi connectivity index (χ2v) is 11.6. The van der Waals surface area contributed by atoms with Crippen LogP contribution in [-0.4, -0.2) is 77.4 Å². The molecule has 0 radical (unpaired) electrons. The van der Waals surface area contributed by atoms with E-state index in [0.29, 0.717) is 31.6 Å². The van der Waals surface area contributed by atoms with Gasteiger partial charge in [0.25, 0.3) is 5.91 Å². The number of benzene rings is 3. The molecule has 1 aromatic heterocycles. The second kappa shape index (κ2) is 15.1. The number of methoxy groups -OCH3 is 1. The Morgan fingerprint density at radius 2 is 1.80 bits per heavy atom. The van der Waals surface area contributed by atoms with Gasteiger partial charge in [-0.2, -0.15) is 0 Å². The number of aromatic nitrogens is 2. The Hall–Kier alpha value is -4.05. The van der Waals surface area contributed by atoms with Crippen molar-refractivity contribution in [2.45, 2.75) is 50.6 Å². The maximum Gasteiger partial charge on any atom is 0.251 e. The molecule has 0 bridgehead atoms. The van der Waals surface area contributed by atoms with Crippen molar-refractivity contribution in [2.75, 3.05) is 40.0 Å². The second-order valence-electron chi connectivity index (χ2n) is 11.6. The molecule has 2 amide bonds. The zero-order valence-electron chi connectivity index (χ0n) is 25.5. The predicted octanol–water partition coefficient (Wildman–Crippen LogP) is 4.13. The van der Waals surface area contributed by atoms with E-state index in [1.54, 1.807) is 19.2 Å². The summed E-state index contributed by atoms with van der Waals surface area (Å²) < 4.78 is 7.61. The number of hydrogen-bond acceptors (Lipinski definition) is 6. The van der Waals surface area contributed by atoms with Crippen LogP contribution in [0.25, 0.3) is 22.2 Å². The summed E-state index contributed by atoms with van der Waals surface area (Å²) in [4.78, 5) is 32.4. The maximum atomic E-state index is 13.4. The zero-order valence-corrected chi connectivity index (χ0v) is 25.5. The average Bonchev–Trinajstić information content (AvgIpc) is 3.43. The number of rotatable bonds is 13. The summed E-state index contributed by atoms with van der Waals surface area (Å²) in [7, 11) is 1.73. The highest BCUT2D eigenvalue weighted by atomic mass is 16.5. The first-order valence-corrected chi connectivity index (χ1v) is 15.5. The van der Waals surface area contributed by atoms with E-state index in [4.69, 9.17) is 20.6 Å². The van der Waals surface area contributed by atoms with Crippen LogP contribution < -0.4 is 11.1 Å². The Balaban J connectivity index is 1.17. The molecular formula is C35H43N5O4. The molecule has 3 aromatic carbocycles. The van der Waals surface area contributed by atoms with Gasteiger partial charge >= 0.3 is 0 Å². The van der Waals surface area contributed by atoms with Crippen molar-refractivity contribution in [2.24, 2.45) is 5.73 Å². The Labute approximate surface area is 259 Å². The number of amides is 2. The number of nitrogens with two attached hydrogens (primary N) is 1. The summed E-state index contributed by atoms with van der Waals surface area (Å²) >= 11 is 0. The van der Waals surface area contributed by atoms with Crippen molar-refractivity contribution in [3.63, 3.8) is 0 Å². The van der Waals surface area contributed by atoms with Crippen LogP contribution in [0.5, 0.6) is 0 Å². The van der Waals surface area contributed by atoms with Crippen LogP contribution in [0, 0.1) is 0 Å². The molecule has 2 atom stereocenters. The van der Waals surface area contributed by atoms with Crippen LogP contribution in [0.1, 0.15) is 53.3 Å². The lowest BCUT2D eigenvalue weighted by atomic mass is 9.95. The number of hydrogen-bond donors (Lipinski definition) is 3. The van der Waals surface area contributed by atoms with Crippen molar-refractivity contribution >= 4 is 22.8 Å². The third-order valence-corrected chi connectivity index (χ3v) is 8.32. The summed E-state index contributed by atoms with van der Waals surface area (Å²) in [5, 5.41) is 11.6. The Morgan fingerprint density at radius 3 is 2.52 bits per heavy atom. The first kappa shape index (κ1) is 31.4. The Bertz CT molecular complexity index is 1530. The molecule has 2 unspecified atom stereocenters. The van der Waals surface area contributed by atoms with Gasteiger partial charge in [0.1, 0.15) is 5.82 Å². The van der Waals surface area contributed by atoms with Gasteiger partial charge in [0.2, 0.25) is 5.91 Å². The summed E-state index contributed by atoms with van der Waals surface area (Å²) in [5.74, 6) is 1.14. The number of aryl methyl sites for hydroxylation is 1. The summed E-state index contributed by atoms with van der Waals surface area (Å²) in [6.07, 6.45) is 3.78. The highest BCUT2D eigenvalue weighted by Gasteiger charge is 2.29. The normalized spacial score (nSPS) is 15.8. The molecule has 44 heavy (non-hydrogen) atoms. The quantitative estimate of drug-likeness (QED) is 0.199. The molecule has 0 aliphatic carbocycles. The van der Waals surface area contributed by atoms with Gasteiger partial charge in [-0.05, 0) is 66.6 Å². The van der Waals surface area contributed by atoms with E-state index in [0.717, 1.165) is 65.9 Å².